The molecule has 1 aliphatic rings. The maximum atomic E-state index is 12.8. The van der Waals surface area contributed by atoms with Crippen molar-refractivity contribution in [3.63, 3.8) is 0 Å². The molecule has 2 aromatic carbocycles. The Morgan fingerprint density at radius 2 is 2.00 bits per heavy atom. The minimum absolute atomic E-state index is 0.266. The molecule has 0 spiro atoms. The molecule has 168 valence electrons. The molecule has 9 heteroatoms. The molecule has 1 fully saturated rings. The molecule has 1 amide bonds. The van der Waals surface area contributed by atoms with Gasteiger partial charge in [0.1, 0.15) is 12.1 Å². The molecule has 4 rings (SSSR count). The average Bonchev–Trinajstić information content (AvgIpc) is 3.34. The van der Waals surface area contributed by atoms with Crippen LogP contribution in [-0.4, -0.2) is 50.7 Å². The minimum atomic E-state index is -0.266. The molecule has 1 atom stereocenters. The summed E-state index contributed by atoms with van der Waals surface area (Å²) in [6.45, 7) is 4.85. The Labute approximate surface area is 192 Å². The number of methoxy groups -OCH3 is 1. The molecule has 1 aromatic heterocycles. The number of aromatic nitrogens is 4. The number of carbonyl (C=O) groups is 1. The highest BCUT2D eigenvalue weighted by Gasteiger charge is 2.19. The third kappa shape index (κ3) is 5.08. The van der Waals surface area contributed by atoms with E-state index in [4.69, 9.17) is 16.3 Å². The average molecular weight is 455 g/mol. The summed E-state index contributed by atoms with van der Waals surface area (Å²) in [7, 11) is 1.51. The predicted octanol–water partition coefficient (Wildman–Crippen LogP) is 3.63. The van der Waals surface area contributed by atoms with Gasteiger partial charge in [0.25, 0.3) is 5.91 Å². The zero-order valence-electron chi connectivity index (χ0n) is 18.3. The molecule has 1 aliphatic heterocycles. The molecule has 2 heterocycles. The van der Waals surface area contributed by atoms with Crippen molar-refractivity contribution in [2.45, 2.75) is 45.3 Å². The van der Waals surface area contributed by atoms with Crippen LogP contribution in [0.5, 0.6) is 5.75 Å². The number of likely N-dealkylation sites (tertiary alicyclic amines) is 1. The van der Waals surface area contributed by atoms with Gasteiger partial charge in [-0.3, -0.25) is 9.69 Å². The Bertz CT molecular complexity index is 1060. The first-order chi connectivity index (χ1) is 15.5. The third-order valence-electron chi connectivity index (χ3n) is 5.91. The van der Waals surface area contributed by atoms with E-state index in [9.17, 15) is 4.79 Å². The van der Waals surface area contributed by atoms with Crippen molar-refractivity contribution in [3.8, 4) is 11.4 Å². The molecule has 0 saturated carbocycles. The summed E-state index contributed by atoms with van der Waals surface area (Å²) >= 11 is 6.36. The van der Waals surface area contributed by atoms with Crippen LogP contribution in [0.25, 0.3) is 5.69 Å². The van der Waals surface area contributed by atoms with Gasteiger partial charge in [-0.1, -0.05) is 42.3 Å². The first kappa shape index (κ1) is 22.2. The van der Waals surface area contributed by atoms with Crippen LogP contribution in [0.3, 0.4) is 0 Å². The van der Waals surface area contributed by atoms with Gasteiger partial charge >= 0.3 is 0 Å². The zero-order chi connectivity index (χ0) is 22.5. The highest BCUT2D eigenvalue weighted by Crippen LogP contribution is 2.29. The molecule has 1 unspecified atom stereocenters. The fourth-order valence-electron chi connectivity index (χ4n) is 4.00. The monoisotopic (exact) mass is 454 g/mol. The van der Waals surface area contributed by atoms with Gasteiger partial charge in [-0.2, -0.15) is 4.68 Å². The predicted molar refractivity (Wildman–Crippen MR) is 122 cm³/mol. The van der Waals surface area contributed by atoms with Gasteiger partial charge in [0.2, 0.25) is 0 Å². The number of halogens is 1. The smallest absolute Gasteiger partial charge is 0.255 e. The number of nitrogens with one attached hydrogen (secondary N) is 1. The lowest BCUT2D eigenvalue weighted by Gasteiger charge is -2.33. The number of hydrogen-bond acceptors (Lipinski definition) is 6. The van der Waals surface area contributed by atoms with Gasteiger partial charge in [0.15, 0.2) is 0 Å². The summed E-state index contributed by atoms with van der Waals surface area (Å²) in [6.07, 6.45) is 5.30. The summed E-state index contributed by atoms with van der Waals surface area (Å²) in [4.78, 5) is 15.3. The summed E-state index contributed by atoms with van der Waals surface area (Å²) < 4.78 is 6.82. The van der Waals surface area contributed by atoms with E-state index in [0.717, 1.165) is 18.7 Å². The van der Waals surface area contributed by atoms with Gasteiger partial charge < -0.3 is 10.1 Å². The zero-order valence-corrected chi connectivity index (χ0v) is 19.0. The number of carbonyl (C=O) groups excluding carboxylic acids is 1. The summed E-state index contributed by atoms with van der Waals surface area (Å²) in [5.41, 5.74) is 3.21. The lowest BCUT2D eigenvalue weighted by Crippen LogP contribution is -2.36. The van der Waals surface area contributed by atoms with Gasteiger partial charge in [-0.05, 0) is 53.9 Å². The van der Waals surface area contributed by atoms with Crippen LogP contribution < -0.4 is 10.1 Å². The van der Waals surface area contributed by atoms with Crippen LogP contribution in [0.4, 0.5) is 0 Å². The number of tetrazole rings is 1. The number of piperidine rings is 1. The van der Waals surface area contributed by atoms with Gasteiger partial charge in [-0.15, -0.1) is 5.10 Å². The number of hydrogen-bond donors (Lipinski definition) is 1. The van der Waals surface area contributed by atoms with Gasteiger partial charge in [-0.25, -0.2) is 0 Å². The second-order valence-electron chi connectivity index (χ2n) is 8.07. The number of benzene rings is 2. The van der Waals surface area contributed by atoms with Crippen LogP contribution in [0.1, 0.15) is 47.7 Å². The summed E-state index contributed by atoms with van der Waals surface area (Å²) in [6, 6.07) is 12.3. The molecule has 8 nitrogen and oxygen atoms in total. The van der Waals surface area contributed by atoms with E-state index in [2.05, 4.69) is 56.9 Å². The molecular weight excluding hydrogens is 428 g/mol. The molecule has 1 N–H and O–H groups in total. The number of amides is 1. The molecule has 0 bridgehead atoms. The number of ether oxygens (including phenoxy) is 1. The summed E-state index contributed by atoms with van der Waals surface area (Å²) in [5, 5.41) is 14.3. The van der Waals surface area contributed by atoms with Crippen molar-refractivity contribution in [1.29, 1.82) is 0 Å². The molecule has 0 aliphatic carbocycles. The van der Waals surface area contributed by atoms with Gasteiger partial charge in [0, 0.05) is 25.2 Å². The summed E-state index contributed by atoms with van der Waals surface area (Å²) in [5.74, 6) is 0.127. The minimum Gasteiger partial charge on any atom is -0.496 e. The second kappa shape index (κ2) is 10.1. The Balaban J connectivity index is 1.39. The van der Waals surface area contributed by atoms with Crippen molar-refractivity contribution in [2.24, 2.45) is 0 Å². The Morgan fingerprint density at radius 1 is 1.22 bits per heavy atom. The highest BCUT2D eigenvalue weighted by atomic mass is 35.5. The van der Waals surface area contributed by atoms with Crippen molar-refractivity contribution in [2.75, 3.05) is 13.7 Å². The Morgan fingerprint density at radius 3 is 2.69 bits per heavy atom. The third-order valence-corrected chi connectivity index (χ3v) is 6.21. The van der Waals surface area contributed by atoms with E-state index in [0.29, 0.717) is 34.6 Å². The normalized spacial score (nSPS) is 16.7. The van der Waals surface area contributed by atoms with Crippen LogP contribution in [-0.2, 0) is 13.1 Å². The maximum Gasteiger partial charge on any atom is 0.255 e. The van der Waals surface area contributed by atoms with Crippen LogP contribution in [0.15, 0.2) is 42.7 Å². The lowest BCUT2D eigenvalue weighted by atomic mass is 10.0. The quantitative estimate of drug-likeness (QED) is 0.586. The molecule has 1 saturated heterocycles. The molecule has 3 aromatic rings. The fourth-order valence-corrected chi connectivity index (χ4v) is 4.25. The van der Waals surface area contributed by atoms with E-state index in [1.165, 1.54) is 42.9 Å². The maximum absolute atomic E-state index is 12.8. The van der Waals surface area contributed by atoms with Crippen molar-refractivity contribution >= 4 is 17.5 Å². The molecule has 32 heavy (non-hydrogen) atoms. The largest absolute Gasteiger partial charge is 0.496 e. The number of rotatable bonds is 7. The van der Waals surface area contributed by atoms with E-state index < -0.39 is 0 Å². The fraction of sp³-hybridized carbons (Fsp3) is 0.391. The SMILES string of the molecule is COc1cc(-n2cnnn2)c(Cl)cc1C(=O)NCc1ccc(CN2CCCCC2C)cc1. The highest BCUT2D eigenvalue weighted by molar-refractivity contribution is 6.33. The lowest BCUT2D eigenvalue weighted by molar-refractivity contribution is 0.0948. The molecule has 0 radical (unpaired) electrons. The van der Waals surface area contributed by atoms with Gasteiger partial charge in [0.05, 0.1) is 23.4 Å². The van der Waals surface area contributed by atoms with E-state index in [1.54, 1.807) is 12.1 Å². The topological polar surface area (TPSA) is 85.2 Å². The van der Waals surface area contributed by atoms with Crippen molar-refractivity contribution in [1.82, 2.24) is 30.4 Å². The first-order valence-electron chi connectivity index (χ1n) is 10.8. The van der Waals surface area contributed by atoms with Crippen LogP contribution in [0, 0.1) is 0 Å². The Hall–Kier alpha value is -2.97. The van der Waals surface area contributed by atoms with Crippen LogP contribution in [0.2, 0.25) is 5.02 Å². The first-order valence-corrected chi connectivity index (χ1v) is 11.1. The standard InChI is InChI=1S/C23H27ClN6O2/c1-16-5-3-4-10-29(16)14-18-8-6-17(7-9-18)13-25-23(31)19-11-20(24)21(12-22(19)32-2)30-15-26-27-28-30/h6-9,11-12,15-16H,3-5,10,13-14H2,1-2H3,(H,25,31). The van der Waals surface area contributed by atoms with E-state index in [1.807, 2.05) is 0 Å². The van der Waals surface area contributed by atoms with Crippen molar-refractivity contribution in [3.05, 3.63) is 64.4 Å². The second-order valence-corrected chi connectivity index (χ2v) is 8.48. The van der Waals surface area contributed by atoms with Crippen LogP contribution >= 0.6 is 11.6 Å². The Kier molecular flexibility index (Phi) is 7.02. The van der Waals surface area contributed by atoms with E-state index >= 15 is 0 Å². The number of nitrogens with zero attached hydrogens (tertiary/aromatic N) is 5. The molecular formula is C23H27ClN6O2. The van der Waals surface area contributed by atoms with Crippen molar-refractivity contribution < 1.29 is 9.53 Å². The van der Waals surface area contributed by atoms with E-state index in [-0.39, 0.29) is 5.91 Å².